The molecular weight excluding hydrogens is 440 g/mol. The molecule has 1 aliphatic rings. The van der Waals surface area contributed by atoms with Gasteiger partial charge in [0.1, 0.15) is 11.4 Å². The lowest BCUT2D eigenvalue weighted by Gasteiger charge is -2.25. The molecule has 1 fully saturated rings. The molecule has 0 amide bonds. The van der Waals surface area contributed by atoms with E-state index in [0.717, 1.165) is 49.7 Å². The number of aromatic hydroxyl groups is 1. The lowest BCUT2D eigenvalue weighted by molar-refractivity contribution is 0.477. The first-order chi connectivity index (χ1) is 17.2. The van der Waals surface area contributed by atoms with Crippen molar-refractivity contribution >= 4 is 17.2 Å². The third-order valence-electron chi connectivity index (χ3n) is 5.96. The molecule has 1 aliphatic heterocycles. The highest BCUT2D eigenvalue weighted by molar-refractivity contribution is 5.74. The average molecular weight is 467 g/mol. The normalized spacial score (nSPS) is 13.7. The largest absolute Gasteiger partial charge is 0.507 e. The number of para-hydroxylation sites is 1. The monoisotopic (exact) mass is 466 g/mol. The molecule has 5 rings (SSSR count). The number of nitrogens with zero attached hydrogens (tertiary/aromatic N) is 7. The summed E-state index contributed by atoms with van der Waals surface area (Å²) in [4.78, 5) is 13.0. The second-order valence-corrected chi connectivity index (χ2v) is 8.28. The third-order valence-corrected chi connectivity index (χ3v) is 5.96. The van der Waals surface area contributed by atoms with Crippen molar-refractivity contribution in [2.45, 2.75) is 13.0 Å². The van der Waals surface area contributed by atoms with E-state index in [0.29, 0.717) is 23.6 Å². The molecule has 0 radical (unpaired) electrons. The van der Waals surface area contributed by atoms with Crippen molar-refractivity contribution in [2.75, 3.05) is 41.7 Å². The maximum absolute atomic E-state index is 10.2. The minimum absolute atomic E-state index is 0.168. The Morgan fingerprint density at radius 2 is 1.83 bits per heavy atom. The van der Waals surface area contributed by atoms with Crippen LogP contribution in [0.3, 0.4) is 0 Å². The lowest BCUT2D eigenvalue weighted by atomic mass is 10.1. The molecule has 4 aromatic rings. The van der Waals surface area contributed by atoms with Crippen molar-refractivity contribution < 1.29 is 5.11 Å². The van der Waals surface area contributed by atoms with E-state index >= 15 is 0 Å². The van der Waals surface area contributed by atoms with E-state index in [1.807, 2.05) is 47.3 Å². The number of aromatic nitrogens is 5. The predicted molar refractivity (Wildman–Crippen MR) is 136 cm³/mol. The lowest BCUT2D eigenvalue weighted by Crippen LogP contribution is -2.31. The van der Waals surface area contributed by atoms with Gasteiger partial charge >= 0.3 is 0 Å². The summed E-state index contributed by atoms with van der Waals surface area (Å²) < 4.78 is 1.92. The average Bonchev–Trinajstić information content (AvgIpc) is 3.27. The van der Waals surface area contributed by atoms with Crippen molar-refractivity contribution in [1.82, 2.24) is 24.7 Å². The van der Waals surface area contributed by atoms with Crippen LogP contribution in [0.15, 0.2) is 67.4 Å². The number of phenols is 1. The van der Waals surface area contributed by atoms with Crippen LogP contribution in [0.2, 0.25) is 0 Å². The molecule has 0 bridgehead atoms. The number of benzene rings is 1. The number of hydrogen-bond acceptors (Lipinski definition) is 8. The zero-order chi connectivity index (χ0) is 24.0. The highest BCUT2D eigenvalue weighted by Crippen LogP contribution is 2.32. The van der Waals surface area contributed by atoms with Crippen molar-refractivity contribution in [3.63, 3.8) is 0 Å². The van der Waals surface area contributed by atoms with Crippen LogP contribution in [-0.2, 0) is 6.54 Å². The van der Waals surface area contributed by atoms with Gasteiger partial charge in [-0.15, -0.1) is 10.2 Å². The molecule has 9 heteroatoms. The number of phenolic OH excluding ortho intramolecular Hbond substituents is 1. The summed E-state index contributed by atoms with van der Waals surface area (Å²) >= 11 is 0. The fraction of sp³-hybridized carbons (Fsp3) is 0.231. The van der Waals surface area contributed by atoms with E-state index in [9.17, 15) is 5.11 Å². The third kappa shape index (κ3) is 5.17. The second kappa shape index (κ2) is 10.1. The molecule has 3 aromatic heterocycles. The Morgan fingerprint density at radius 1 is 0.971 bits per heavy atom. The van der Waals surface area contributed by atoms with Crippen LogP contribution in [0.1, 0.15) is 12.1 Å². The summed E-state index contributed by atoms with van der Waals surface area (Å²) in [6.45, 7) is 3.93. The van der Waals surface area contributed by atoms with E-state index in [4.69, 9.17) is 5.73 Å². The summed E-state index contributed by atoms with van der Waals surface area (Å²) in [5.41, 5.74) is 10.1. The van der Waals surface area contributed by atoms with Crippen molar-refractivity contribution in [3.8, 4) is 28.8 Å². The number of hydrogen-bond donors (Lipinski definition) is 2. The van der Waals surface area contributed by atoms with Crippen LogP contribution in [0.5, 0.6) is 5.75 Å². The van der Waals surface area contributed by atoms with Gasteiger partial charge in [0.15, 0.2) is 5.82 Å². The first-order valence-electron chi connectivity index (χ1n) is 11.5. The molecule has 0 atom stereocenters. The molecule has 4 heterocycles. The van der Waals surface area contributed by atoms with Crippen LogP contribution in [0.25, 0.3) is 11.3 Å². The summed E-state index contributed by atoms with van der Waals surface area (Å²) in [5.74, 6) is 6.84. The molecule has 0 aliphatic carbocycles. The highest BCUT2D eigenvalue weighted by atomic mass is 16.3. The minimum atomic E-state index is 0.168. The first kappa shape index (κ1) is 22.2. The van der Waals surface area contributed by atoms with Gasteiger partial charge in [0.25, 0.3) is 0 Å². The standard InChI is InChI=1S/C26H26N8O/c27-26-24(18-23(30-31-26)22-6-1-2-7-25(22)35)34-13-4-12-33(15-16-34)21-8-9-29-20(17-21)5-3-11-32-14-10-28-19-32/h1-2,6-10,14,17-19,35H,4,11-13,15-16H2,(H2,27,31). The Bertz CT molecular complexity index is 1360. The van der Waals surface area contributed by atoms with Crippen LogP contribution in [0, 0.1) is 11.8 Å². The van der Waals surface area contributed by atoms with E-state index < -0.39 is 0 Å². The van der Waals surface area contributed by atoms with Gasteiger partial charge in [-0.1, -0.05) is 18.1 Å². The molecule has 35 heavy (non-hydrogen) atoms. The SMILES string of the molecule is Nc1nnc(-c2ccccc2O)cc1N1CCCN(c2ccnc(C#CCn3ccnc3)c2)CC1. The Morgan fingerprint density at radius 3 is 2.69 bits per heavy atom. The summed E-state index contributed by atoms with van der Waals surface area (Å²) in [7, 11) is 0. The molecule has 0 saturated carbocycles. The van der Waals surface area contributed by atoms with E-state index in [-0.39, 0.29) is 5.75 Å². The van der Waals surface area contributed by atoms with Crippen LogP contribution in [-0.4, -0.2) is 56.0 Å². The van der Waals surface area contributed by atoms with E-state index in [2.05, 4.69) is 41.8 Å². The summed E-state index contributed by atoms with van der Waals surface area (Å²) in [5, 5.41) is 18.6. The smallest absolute Gasteiger partial charge is 0.169 e. The number of anilines is 3. The summed E-state index contributed by atoms with van der Waals surface area (Å²) in [6, 6.07) is 13.1. The maximum atomic E-state index is 10.2. The quantitative estimate of drug-likeness (QED) is 0.442. The zero-order valence-electron chi connectivity index (χ0n) is 19.2. The fourth-order valence-electron chi connectivity index (χ4n) is 4.17. The van der Waals surface area contributed by atoms with Crippen LogP contribution >= 0.6 is 0 Å². The number of nitrogens with two attached hydrogens (primary N) is 1. The van der Waals surface area contributed by atoms with Gasteiger partial charge in [-0.2, -0.15) is 0 Å². The number of rotatable bonds is 4. The molecule has 3 N–H and O–H groups in total. The van der Waals surface area contributed by atoms with Crippen molar-refractivity contribution in [1.29, 1.82) is 0 Å². The number of nitrogen functional groups attached to an aromatic ring is 1. The van der Waals surface area contributed by atoms with Gasteiger partial charge in [-0.05, 0) is 42.7 Å². The fourth-order valence-corrected chi connectivity index (χ4v) is 4.17. The first-order valence-corrected chi connectivity index (χ1v) is 11.5. The van der Waals surface area contributed by atoms with Gasteiger partial charge < -0.3 is 25.2 Å². The maximum Gasteiger partial charge on any atom is 0.169 e. The Balaban J connectivity index is 1.30. The Labute approximate surface area is 203 Å². The number of pyridine rings is 1. The van der Waals surface area contributed by atoms with Gasteiger partial charge in [-0.25, -0.2) is 9.97 Å². The van der Waals surface area contributed by atoms with Crippen molar-refractivity contribution in [3.05, 3.63) is 73.1 Å². The molecule has 0 spiro atoms. The van der Waals surface area contributed by atoms with Crippen LogP contribution < -0.4 is 15.5 Å². The van der Waals surface area contributed by atoms with Crippen LogP contribution in [0.4, 0.5) is 17.2 Å². The molecule has 0 unspecified atom stereocenters. The number of imidazole rings is 1. The van der Waals surface area contributed by atoms with Gasteiger partial charge in [0.05, 0.1) is 24.3 Å². The topological polar surface area (TPSA) is 109 Å². The second-order valence-electron chi connectivity index (χ2n) is 8.28. The Kier molecular flexibility index (Phi) is 6.44. The molecule has 9 nitrogen and oxygen atoms in total. The highest BCUT2D eigenvalue weighted by Gasteiger charge is 2.20. The Hall–Kier alpha value is -4.58. The molecule has 176 valence electrons. The molecular formula is C26H26N8O. The van der Waals surface area contributed by atoms with Gasteiger partial charge in [-0.3, -0.25) is 0 Å². The van der Waals surface area contributed by atoms with Crippen molar-refractivity contribution in [2.24, 2.45) is 0 Å². The minimum Gasteiger partial charge on any atom is -0.507 e. The van der Waals surface area contributed by atoms with Gasteiger partial charge in [0.2, 0.25) is 0 Å². The van der Waals surface area contributed by atoms with E-state index in [1.165, 1.54) is 0 Å². The molecule has 1 saturated heterocycles. The zero-order valence-corrected chi connectivity index (χ0v) is 19.2. The van der Waals surface area contributed by atoms with E-state index in [1.54, 1.807) is 24.7 Å². The molecule has 1 aromatic carbocycles. The predicted octanol–water partition coefficient (Wildman–Crippen LogP) is 2.79. The summed E-state index contributed by atoms with van der Waals surface area (Å²) in [6.07, 6.45) is 8.14. The van der Waals surface area contributed by atoms with Gasteiger partial charge in [0, 0.05) is 56.0 Å².